The molecule has 0 saturated heterocycles. The van der Waals surface area contributed by atoms with E-state index in [4.69, 9.17) is 32.7 Å². The Bertz CT molecular complexity index is 1510. The average Bonchev–Trinajstić information content (AvgIpc) is 3.07. The van der Waals surface area contributed by atoms with Crippen LogP contribution in [0, 0.1) is 5.92 Å². The highest BCUT2D eigenvalue weighted by molar-refractivity contribution is 6.30. The average molecular weight is 652 g/mol. The molecule has 3 N–H and O–H groups in total. The van der Waals surface area contributed by atoms with Gasteiger partial charge in [-0.05, 0) is 93.0 Å². The molecule has 2 fully saturated rings. The van der Waals surface area contributed by atoms with Crippen molar-refractivity contribution in [2.45, 2.75) is 63.5 Å². The molecule has 2 saturated carbocycles. The van der Waals surface area contributed by atoms with Gasteiger partial charge in [0.25, 0.3) is 0 Å². The van der Waals surface area contributed by atoms with Gasteiger partial charge in [-0.1, -0.05) is 23.2 Å². The molecule has 0 radical (unpaired) electrons. The quantitative estimate of drug-likeness (QED) is 0.165. The molecule has 12 heteroatoms. The fraction of sp³-hybridized carbons (Fsp3) is 0.364. The number of rotatable bonds is 9. The Morgan fingerprint density at radius 3 is 1.58 bits per heavy atom. The maximum Gasteiger partial charge on any atom is 0.187 e. The first kappa shape index (κ1) is 32.4. The van der Waals surface area contributed by atoms with E-state index in [1.165, 1.54) is 12.7 Å². The zero-order valence-electron chi connectivity index (χ0n) is 24.7. The number of ketones is 1. The third kappa shape index (κ3) is 10.0. The SMILES string of the molecule is O=C1CCC(Nc2ncncc2Oc2ccc(Cl)cc2)CC1.OCC1CCC(Nc2ncncc2Oc2ccc(Cl)cc2)CC1. The van der Waals surface area contributed by atoms with Crippen molar-refractivity contribution in [3.63, 3.8) is 0 Å². The topological polar surface area (TPSA) is 131 Å². The van der Waals surface area contributed by atoms with Crippen LogP contribution in [-0.2, 0) is 4.79 Å². The predicted molar refractivity (Wildman–Crippen MR) is 174 cm³/mol. The number of carbonyl (C=O) groups excluding carboxylic acids is 1. The number of benzene rings is 2. The van der Waals surface area contributed by atoms with Crippen molar-refractivity contribution in [3.05, 3.63) is 83.6 Å². The summed E-state index contributed by atoms with van der Waals surface area (Å²) in [6.07, 6.45) is 13.3. The van der Waals surface area contributed by atoms with E-state index in [0.29, 0.717) is 75.3 Å². The lowest BCUT2D eigenvalue weighted by Gasteiger charge is -2.28. The van der Waals surface area contributed by atoms with Crippen LogP contribution in [0.15, 0.2) is 73.6 Å². The van der Waals surface area contributed by atoms with E-state index >= 15 is 0 Å². The van der Waals surface area contributed by atoms with Crippen molar-refractivity contribution in [2.24, 2.45) is 5.92 Å². The molecule has 0 atom stereocenters. The number of aromatic nitrogens is 4. The molecule has 0 unspecified atom stereocenters. The van der Waals surface area contributed by atoms with Gasteiger partial charge >= 0.3 is 0 Å². The fourth-order valence-electron chi connectivity index (χ4n) is 5.22. The number of ether oxygens (including phenoxy) is 2. The number of hydrogen-bond acceptors (Lipinski definition) is 10. The first-order valence-corrected chi connectivity index (χ1v) is 15.8. The van der Waals surface area contributed by atoms with Crippen LogP contribution >= 0.6 is 23.2 Å². The van der Waals surface area contributed by atoms with E-state index < -0.39 is 0 Å². The molecular weight excluding hydrogens is 615 g/mol. The zero-order valence-corrected chi connectivity index (χ0v) is 26.3. The zero-order chi connectivity index (χ0) is 31.4. The highest BCUT2D eigenvalue weighted by atomic mass is 35.5. The van der Waals surface area contributed by atoms with Gasteiger partial charge in [0.05, 0.1) is 12.4 Å². The Morgan fingerprint density at radius 1 is 0.689 bits per heavy atom. The van der Waals surface area contributed by atoms with E-state index in [0.717, 1.165) is 38.5 Å². The van der Waals surface area contributed by atoms with Crippen LogP contribution in [0.3, 0.4) is 0 Å². The molecule has 0 spiro atoms. The number of Topliss-reactive ketones (excluding diaryl/α,β-unsaturated/α-hetero) is 1. The molecule has 2 aliphatic carbocycles. The van der Waals surface area contributed by atoms with Crippen molar-refractivity contribution in [1.29, 1.82) is 0 Å². The van der Waals surface area contributed by atoms with E-state index in [9.17, 15) is 9.90 Å². The van der Waals surface area contributed by atoms with Crippen molar-refractivity contribution in [3.8, 4) is 23.0 Å². The molecule has 10 nitrogen and oxygen atoms in total. The molecule has 2 aliphatic rings. The molecule has 0 amide bonds. The summed E-state index contributed by atoms with van der Waals surface area (Å²) in [4.78, 5) is 27.9. The summed E-state index contributed by atoms with van der Waals surface area (Å²) in [5, 5.41) is 17.3. The molecule has 6 rings (SSSR count). The second-order valence-corrected chi connectivity index (χ2v) is 12.0. The summed E-state index contributed by atoms with van der Waals surface area (Å²) in [6, 6.07) is 14.9. The molecular formula is C33H36Cl2N6O4. The van der Waals surface area contributed by atoms with Gasteiger partial charge in [-0.3, -0.25) is 4.79 Å². The first-order chi connectivity index (χ1) is 21.9. The summed E-state index contributed by atoms with van der Waals surface area (Å²) in [5.74, 6) is 4.62. The minimum absolute atomic E-state index is 0.236. The number of hydrogen-bond donors (Lipinski definition) is 3. The largest absolute Gasteiger partial charge is 0.452 e. The van der Waals surface area contributed by atoms with Gasteiger partial charge in [-0.25, -0.2) is 19.9 Å². The smallest absolute Gasteiger partial charge is 0.187 e. The molecule has 45 heavy (non-hydrogen) atoms. The Labute approximate surface area is 272 Å². The predicted octanol–water partition coefficient (Wildman–Crippen LogP) is 7.73. The first-order valence-electron chi connectivity index (χ1n) is 15.1. The molecule has 4 aromatic rings. The van der Waals surface area contributed by atoms with Crippen molar-refractivity contribution in [1.82, 2.24) is 19.9 Å². The maximum absolute atomic E-state index is 11.3. The van der Waals surface area contributed by atoms with Gasteiger partial charge in [0.1, 0.15) is 29.9 Å². The number of carbonyl (C=O) groups is 1. The van der Waals surface area contributed by atoms with Gasteiger partial charge in [-0.15, -0.1) is 0 Å². The Hall–Kier alpha value is -3.99. The summed E-state index contributed by atoms with van der Waals surface area (Å²) in [5.41, 5.74) is 0. The van der Waals surface area contributed by atoms with Gasteiger partial charge in [-0.2, -0.15) is 0 Å². The minimum Gasteiger partial charge on any atom is -0.452 e. The van der Waals surface area contributed by atoms with Gasteiger partial charge < -0.3 is 25.2 Å². The number of nitrogens with one attached hydrogen (secondary N) is 2. The lowest BCUT2D eigenvalue weighted by Crippen LogP contribution is -2.27. The Morgan fingerprint density at radius 2 is 1.13 bits per heavy atom. The van der Waals surface area contributed by atoms with Crippen molar-refractivity contribution < 1.29 is 19.4 Å². The molecule has 2 aromatic carbocycles. The lowest BCUT2D eigenvalue weighted by molar-refractivity contribution is -0.120. The summed E-state index contributed by atoms with van der Waals surface area (Å²) in [7, 11) is 0. The maximum atomic E-state index is 11.3. The highest BCUT2D eigenvalue weighted by Crippen LogP contribution is 2.32. The summed E-state index contributed by atoms with van der Waals surface area (Å²) >= 11 is 11.8. The monoisotopic (exact) mass is 650 g/mol. The highest BCUT2D eigenvalue weighted by Gasteiger charge is 2.22. The lowest BCUT2D eigenvalue weighted by atomic mass is 9.86. The van der Waals surface area contributed by atoms with E-state index in [1.807, 2.05) is 12.1 Å². The van der Waals surface area contributed by atoms with Crippen LogP contribution < -0.4 is 20.1 Å². The Kier molecular flexibility index (Phi) is 11.8. The van der Waals surface area contributed by atoms with Crippen molar-refractivity contribution in [2.75, 3.05) is 17.2 Å². The second-order valence-electron chi connectivity index (χ2n) is 11.1. The molecule has 2 aromatic heterocycles. The van der Waals surface area contributed by atoms with Crippen LogP contribution in [0.4, 0.5) is 11.6 Å². The van der Waals surface area contributed by atoms with Crippen LogP contribution in [0.5, 0.6) is 23.0 Å². The Balaban J connectivity index is 0.000000178. The van der Waals surface area contributed by atoms with Crippen LogP contribution in [0.25, 0.3) is 0 Å². The summed E-state index contributed by atoms with van der Waals surface area (Å²) in [6.45, 7) is 0.283. The van der Waals surface area contributed by atoms with E-state index in [-0.39, 0.29) is 12.6 Å². The van der Waals surface area contributed by atoms with Gasteiger partial charge in [0.15, 0.2) is 23.1 Å². The van der Waals surface area contributed by atoms with Crippen LogP contribution in [0.2, 0.25) is 10.0 Å². The van der Waals surface area contributed by atoms with Crippen LogP contribution in [0.1, 0.15) is 51.4 Å². The third-order valence-corrected chi connectivity index (χ3v) is 8.27. The molecule has 0 bridgehead atoms. The normalized spacial score (nSPS) is 18.3. The van der Waals surface area contributed by atoms with E-state index in [1.54, 1.807) is 48.8 Å². The summed E-state index contributed by atoms with van der Waals surface area (Å²) < 4.78 is 11.7. The van der Waals surface area contributed by atoms with Crippen LogP contribution in [-0.4, -0.2) is 49.5 Å². The van der Waals surface area contributed by atoms with E-state index in [2.05, 4.69) is 30.6 Å². The van der Waals surface area contributed by atoms with Crippen molar-refractivity contribution >= 4 is 40.6 Å². The second kappa shape index (κ2) is 16.4. The number of anilines is 2. The standard InChI is InChI=1S/C17H20ClN3O2.C16H16ClN3O2/c18-13-3-7-15(8-4-13)23-16-9-19-11-20-17(16)21-14-5-1-12(10-22)2-6-14;17-11-1-7-14(8-2-11)22-15-9-18-10-19-16(15)20-12-3-5-13(21)6-4-12/h3-4,7-9,11-12,14,22H,1-2,5-6,10H2,(H,19,20,21);1-2,7-10,12H,3-6H2,(H,18,19,20). The number of halogens is 2. The molecule has 236 valence electrons. The molecule has 0 aliphatic heterocycles. The van der Waals surface area contributed by atoms with Gasteiger partial charge in [0, 0.05) is 41.6 Å². The number of nitrogens with zero attached hydrogens (tertiary/aromatic N) is 4. The third-order valence-electron chi connectivity index (χ3n) is 7.77. The fourth-order valence-corrected chi connectivity index (χ4v) is 5.47. The minimum atomic E-state index is 0.236. The number of aliphatic hydroxyl groups is 1. The van der Waals surface area contributed by atoms with Gasteiger partial charge in [0.2, 0.25) is 0 Å². The number of aliphatic hydroxyl groups excluding tert-OH is 1. The molecule has 2 heterocycles.